The van der Waals surface area contributed by atoms with E-state index in [0.29, 0.717) is 0 Å². The lowest BCUT2D eigenvalue weighted by atomic mass is 10.2. The SMILES string of the molecule is CCOCC(C)=CCCNCCOC. The lowest BCUT2D eigenvalue weighted by molar-refractivity contribution is 0.170. The number of hydrogen-bond donors (Lipinski definition) is 1. The highest BCUT2D eigenvalue weighted by Crippen LogP contribution is 1.95. The summed E-state index contributed by atoms with van der Waals surface area (Å²) in [6, 6.07) is 0. The highest BCUT2D eigenvalue weighted by molar-refractivity contribution is 4.98. The van der Waals surface area contributed by atoms with Crippen molar-refractivity contribution in [1.82, 2.24) is 5.32 Å². The van der Waals surface area contributed by atoms with E-state index >= 15 is 0 Å². The first-order valence-electron chi connectivity index (χ1n) is 5.24. The molecular weight excluding hydrogens is 178 g/mol. The number of rotatable bonds is 9. The van der Waals surface area contributed by atoms with E-state index in [1.54, 1.807) is 7.11 Å². The Hall–Kier alpha value is -0.380. The first kappa shape index (κ1) is 13.6. The van der Waals surface area contributed by atoms with Gasteiger partial charge >= 0.3 is 0 Å². The van der Waals surface area contributed by atoms with Crippen molar-refractivity contribution in [3.63, 3.8) is 0 Å². The Balaban J connectivity index is 3.23. The van der Waals surface area contributed by atoms with Gasteiger partial charge in [-0.05, 0) is 26.8 Å². The molecule has 84 valence electrons. The van der Waals surface area contributed by atoms with Gasteiger partial charge < -0.3 is 14.8 Å². The van der Waals surface area contributed by atoms with Crippen LogP contribution in [0.1, 0.15) is 20.3 Å². The lowest BCUT2D eigenvalue weighted by Gasteiger charge is -2.03. The molecule has 0 amide bonds. The zero-order valence-corrected chi connectivity index (χ0v) is 9.64. The summed E-state index contributed by atoms with van der Waals surface area (Å²) in [6.07, 6.45) is 3.28. The zero-order chi connectivity index (χ0) is 10.6. The number of nitrogens with one attached hydrogen (secondary N) is 1. The van der Waals surface area contributed by atoms with E-state index in [4.69, 9.17) is 9.47 Å². The molecule has 0 aliphatic rings. The molecule has 3 heteroatoms. The molecule has 0 radical (unpaired) electrons. The second-order valence-electron chi connectivity index (χ2n) is 3.22. The largest absolute Gasteiger partial charge is 0.383 e. The van der Waals surface area contributed by atoms with Crippen LogP contribution in [-0.2, 0) is 9.47 Å². The fraction of sp³-hybridized carbons (Fsp3) is 0.818. The van der Waals surface area contributed by atoms with E-state index in [2.05, 4.69) is 18.3 Å². The Labute approximate surface area is 87.5 Å². The maximum absolute atomic E-state index is 5.28. The Morgan fingerprint density at radius 1 is 1.36 bits per heavy atom. The summed E-state index contributed by atoms with van der Waals surface area (Å²) < 4.78 is 10.2. The third-order valence-electron chi connectivity index (χ3n) is 1.83. The van der Waals surface area contributed by atoms with E-state index < -0.39 is 0 Å². The Morgan fingerprint density at radius 2 is 2.14 bits per heavy atom. The van der Waals surface area contributed by atoms with Crippen molar-refractivity contribution in [2.45, 2.75) is 20.3 Å². The molecule has 0 fully saturated rings. The van der Waals surface area contributed by atoms with Crippen LogP contribution in [0.25, 0.3) is 0 Å². The molecule has 0 spiro atoms. The average Bonchev–Trinajstić information content (AvgIpc) is 2.20. The van der Waals surface area contributed by atoms with Crippen molar-refractivity contribution in [3.05, 3.63) is 11.6 Å². The van der Waals surface area contributed by atoms with Crippen molar-refractivity contribution < 1.29 is 9.47 Å². The summed E-state index contributed by atoms with van der Waals surface area (Å²) in [5.74, 6) is 0. The predicted octanol–water partition coefficient (Wildman–Crippen LogP) is 1.60. The maximum Gasteiger partial charge on any atom is 0.0673 e. The molecule has 0 aliphatic heterocycles. The molecular formula is C11H23NO2. The molecule has 1 N–H and O–H groups in total. The van der Waals surface area contributed by atoms with Crippen LogP contribution in [0.5, 0.6) is 0 Å². The van der Waals surface area contributed by atoms with Gasteiger partial charge in [0.1, 0.15) is 0 Å². The number of ether oxygens (including phenoxy) is 2. The van der Waals surface area contributed by atoms with Crippen LogP contribution < -0.4 is 5.32 Å². The number of hydrogen-bond acceptors (Lipinski definition) is 3. The molecule has 0 bridgehead atoms. The monoisotopic (exact) mass is 201 g/mol. The predicted molar refractivity (Wildman–Crippen MR) is 59.6 cm³/mol. The van der Waals surface area contributed by atoms with Crippen molar-refractivity contribution in [3.8, 4) is 0 Å². The standard InChI is InChI=1S/C11H23NO2/c1-4-14-10-11(2)6-5-7-12-8-9-13-3/h6,12H,4-5,7-10H2,1-3H3. The van der Waals surface area contributed by atoms with Crippen LogP contribution in [0.4, 0.5) is 0 Å². The molecule has 0 saturated heterocycles. The first-order chi connectivity index (χ1) is 6.81. The van der Waals surface area contributed by atoms with Crippen LogP contribution in [0, 0.1) is 0 Å². The maximum atomic E-state index is 5.28. The third kappa shape index (κ3) is 9.71. The number of methoxy groups -OCH3 is 1. The summed E-state index contributed by atoms with van der Waals surface area (Å²) in [7, 11) is 1.72. The van der Waals surface area contributed by atoms with Crippen molar-refractivity contribution in [2.24, 2.45) is 0 Å². The van der Waals surface area contributed by atoms with Gasteiger partial charge in [-0.15, -0.1) is 0 Å². The molecule has 0 aromatic heterocycles. The molecule has 3 nitrogen and oxygen atoms in total. The highest BCUT2D eigenvalue weighted by Gasteiger charge is 1.89. The average molecular weight is 201 g/mol. The fourth-order valence-electron chi connectivity index (χ4n) is 1.04. The second kappa shape index (κ2) is 10.7. The van der Waals surface area contributed by atoms with Gasteiger partial charge in [-0.3, -0.25) is 0 Å². The van der Waals surface area contributed by atoms with Crippen molar-refractivity contribution in [2.75, 3.05) is 40.0 Å². The van der Waals surface area contributed by atoms with Crippen molar-refractivity contribution >= 4 is 0 Å². The second-order valence-corrected chi connectivity index (χ2v) is 3.22. The Bertz CT molecular complexity index is 146. The minimum Gasteiger partial charge on any atom is -0.383 e. The van der Waals surface area contributed by atoms with Gasteiger partial charge in [0.25, 0.3) is 0 Å². The van der Waals surface area contributed by atoms with Crippen LogP contribution in [0.15, 0.2) is 11.6 Å². The molecule has 0 unspecified atom stereocenters. The minimum absolute atomic E-state index is 0.759. The summed E-state index contributed by atoms with van der Waals surface area (Å²) >= 11 is 0. The molecule has 0 aromatic carbocycles. The molecule has 0 saturated carbocycles. The molecule has 0 aromatic rings. The topological polar surface area (TPSA) is 30.5 Å². The van der Waals surface area contributed by atoms with Crippen molar-refractivity contribution in [1.29, 1.82) is 0 Å². The van der Waals surface area contributed by atoms with Gasteiger partial charge in [0.15, 0.2) is 0 Å². The molecule has 0 heterocycles. The van der Waals surface area contributed by atoms with Gasteiger partial charge in [-0.1, -0.05) is 11.6 Å². The van der Waals surface area contributed by atoms with E-state index in [-0.39, 0.29) is 0 Å². The van der Waals surface area contributed by atoms with Gasteiger partial charge in [-0.2, -0.15) is 0 Å². The highest BCUT2D eigenvalue weighted by atomic mass is 16.5. The summed E-state index contributed by atoms with van der Waals surface area (Å²) in [5, 5.41) is 3.29. The van der Waals surface area contributed by atoms with E-state index in [9.17, 15) is 0 Å². The lowest BCUT2D eigenvalue weighted by Crippen LogP contribution is -2.19. The summed E-state index contributed by atoms with van der Waals surface area (Å²) in [6.45, 7) is 8.37. The van der Waals surface area contributed by atoms with E-state index in [1.165, 1.54) is 5.57 Å². The van der Waals surface area contributed by atoms with Gasteiger partial charge in [0.05, 0.1) is 13.2 Å². The quantitative estimate of drug-likeness (QED) is 0.454. The van der Waals surface area contributed by atoms with Crippen LogP contribution >= 0.6 is 0 Å². The van der Waals surface area contributed by atoms with Gasteiger partial charge in [0, 0.05) is 20.3 Å². The fourth-order valence-corrected chi connectivity index (χ4v) is 1.04. The van der Waals surface area contributed by atoms with Gasteiger partial charge in [0.2, 0.25) is 0 Å². The molecule has 14 heavy (non-hydrogen) atoms. The third-order valence-corrected chi connectivity index (χ3v) is 1.83. The van der Waals surface area contributed by atoms with E-state index in [1.807, 2.05) is 6.92 Å². The van der Waals surface area contributed by atoms with Gasteiger partial charge in [-0.25, -0.2) is 0 Å². The Kier molecular flexibility index (Phi) is 10.4. The van der Waals surface area contributed by atoms with Crippen LogP contribution in [0.3, 0.4) is 0 Å². The van der Waals surface area contributed by atoms with Crippen LogP contribution in [-0.4, -0.2) is 40.0 Å². The smallest absolute Gasteiger partial charge is 0.0673 e. The zero-order valence-electron chi connectivity index (χ0n) is 9.64. The molecule has 0 atom stereocenters. The Morgan fingerprint density at radius 3 is 2.79 bits per heavy atom. The normalized spacial score (nSPS) is 12.1. The molecule has 0 rings (SSSR count). The summed E-state index contributed by atoms with van der Waals surface area (Å²) in [5.41, 5.74) is 1.31. The van der Waals surface area contributed by atoms with E-state index in [0.717, 1.165) is 39.3 Å². The van der Waals surface area contributed by atoms with Crippen LogP contribution in [0.2, 0.25) is 0 Å². The minimum atomic E-state index is 0.759. The molecule has 0 aliphatic carbocycles. The first-order valence-corrected chi connectivity index (χ1v) is 5.24. The summed E-state index contributed by atoms with van der Waals surface area (Å²) in [4.78, 5) is 0.